The van der Waals surface area contributed by atoms with Gasteiger partial charge >= 0.3 is 6.01 Å². The maximum Gasteiger partial charge on any atom is 0.321 e. The molecule has 0 saturated heterocycles. The number of hydrogen-bond donors (Lipinski definition) is 1. The molecule has 0 amide bonds. The zero-order chi connectivity index (χ0) is 10.7. The van der Waals surface area contributed by atoms with Gasteiger partial charge in [0.25, 0.3) is 0 Å². The van der Waals surface area contributed by atoms with E-state index in [-0.39, 0.29) is 0 Å². The summed E-state index contributed by atoms with van der Waals surface area (Å²) in [6, 6.07) is 4.02. The third kappa shape index (κ3) is 2.66. The van der Waals surface area contributed by atoms with Gasteiger partial charge in [-0.1, -0.05) is 22.8 Å². The van der Waals surface area contributed by atoms with Crippen LogP contribution in [0.1, 0.15) is 11.4 Å². The SMILES string of the molecule is Cc1noc(NCc2ccc(Cl)nc2)n1. The molecule has 0 fully saturated rings. The molecule has 0 saturated carbocycles. The highest BCUT2D eigenvalue weighted by Crippen LogP contribution is 2.08. The molecule has 0 unspecified atom stereocenters. The number of rotatable bonds is 3. The van der Waals surface area contributed by atoms with Crippen molar-refractivity contribution in [3.63, 3.8) is 0 Å². The largest absolute Gasteiger partial charge is 0.334 e. The van der Waals surface area contributed by atoms with Crippen LogP contribution in [0.15, 0.2) is 22.9 Å². The first-order valence-electron chi connectivity index (χ1n) is 4.38. The van der Waals surface area contributed by atoms with E-state index in [9.17, 15) is 0 Å². The number of pyridine rings is 1. The van der Waals surface area contributed by atoms with Crippen LogP contribution in [-0.2, 0) is 6.54 Å². The molecule has 0 atom stereocenters. The monoisotopic (exact) mass is 224 g/mol. The van der Waals surface area contributed by atoms with Crippen LogP contribution in [0.4, 0.5) is 6.01 Å². The van der Waals surface area contributed by atoms with E-state index in [1.165, 1.54) is 0 Å². The van der Waals surface area contributed by atoms with Crippen LogP contribution >= 0.6 is 11.6 Å². The van der Waals surface area contributed by atoms with Gasteiger partial charge in [-0.15, -0.1) is 0 Å². The molecule has 2 heterocycles. The molecular formula is C9H9ClN4O. The molecule has 2 rings (SSSR count). The molecule has 6 heteroatoms. The molecular weight excluding hydrogens is 216 g/mol. The molecule has 2 aromatic heterocycles. The van der Waals surface area contributed by atoms with Crippen molar-refractivity contribution < 1.29 is 4.52 Å². The zero-order valence-electron chi connectivity index (χ0n) is 8.07. The summed E-state index contributed by atoms with van der Waals surface area (Å²) in [5, 5.41) is 7.11. The predicted molar refractivity (Wildman–Crippen MR) is 55.6 cm³/mol. The van der Waals surface area contributed by atoms with Gasteiger partial charge in [0.15, 0.2) is 5.82 Å². The molecule has 0 bridgehead atoms. The topological polar surface area (TPSA) is 63.8 Å². The Morgan fingerprint density at radius 2 is 2.33 bits per heavy atom. The maximum absolute atomic E-state index is 5.66. The quantitative estimate of drug-likeness (QED) is 0.809. The highest BCUT2D eigenvalue weighted by atomic mass is 35.5. The van der Waals surface area contributed by atoms with Gasteiger partial charge in [0, 0.05) is 12.7 Å². The molecule has 0 spiro atoms. The van der Waals surface area contributed by atoms with Crippen molar-refractivity contribution in [3.8, 4) is 0 Å². The number of aryl methyl sites for hydroxylation is 1. The summed E-state index contributed by atoms with van der Waals surface area (Å²) in [6.45, 7) is 2.34. The number of anilines is 1. The van der Waals surface area contributed by atoms with Crippen LogP contribution in [0.5, 0.6) is 0 Å². The molecule has 1 N–H and O–H groups in total. The second-order valence-corrected chi connectivity index (χ2v) is 3.38. The summed E-state index contributed by atoms with van der Waals surface area (Å²) >= 11 is 5.66. The van der Waals surface area contributed by atoms with Crippen molar-refractivity contribution in [3.05, 3.63) is 34.9 Å². The Labute approximate surface area is 91.5 Å². The van der Waals surface area contributed by atoms with E-state index in [1.54, 1.807) is 19.2 Å². The fourth-order valence-electron chi connectivity index (χ4n) is 1.06. The summed E-state index contributed by atoms with van der Waals surface area (Å²) < 4.78 is 4.89. The first-order valence-corrected chi connectivity index (χ1v) is 4.76. The maximum atomic E-state index is 5.66. The van der Waals surface area contributed by atoms with Crippen LogP contribution < -0.4 is 5.32 Å². The number of halogens is 1. The Bertz CT molecular complexity index is 440. The Kier molecular flexibility index (Phi) is 2.82. The van der Waals surface area contributed by atoms with Gasteiger partial charge in [-0.3, -0.25) is 0 Å². The Morgan fingerprint density at radius 3 is 2.93 bits per heavy atom. The van der Waals surface area contributed by atoms with Gasteiger partial charge in [0.1, 0.15) is 5.15 Å². The Balaban J connectivity index is 1.96. The standard InChI is InChI=1S/C9H9ClN4O/c1-6-13-9(15-14-6)12-5-7-2-3-8(10)11-4-7/h2-4H,5H2,1H3,(H,12,13,14). The third-order valence-electron chi connectivity index (χ3n) is 1.76. The Hall–Kier alpha value is -1.62. The van der Waals surface area contributed by atoms with Crippen molar-refractivity contribution in [1.29, 1.82) is 0 Å². The van der Waals surface area contributed by atoms with Gasteiger partial charge in [-0.25, -0.2) is 4.98 Å². The minimum absolute atomic E-state index is 0.405. The minimum atomic E-state index is 0.405. The summed E-state index contributed by atoms with van der Waals surface area (Å²) in [4.78, 5) is 7.96. The van der Waals surface area contributed by atoms with E-state index in [2.05, 4.69) is 20.4 Å². The summed E-state index contributed by atoms with van der Waals surface area (Å²) in [7, 11) is 0. The number of nitrogens with zero attached hydrogens (tertiary/aromatic N) is 3. The fraction of sp³-hybridized carbons (Fsp3) is 0.222. The van der Waals surface area contributed by atoms with Crippen molar-refractivity contribution in [2.24, 2.45) is 0 Å². The molecule has 0 aliphatic heterocycles. The zero-order valence-corrected chi connectivity index (χ0v) is 8.82. The van der Waals surface area contributed by atoms with E-state index in [4.69, 9.17) is 16.1 Å². The van der Waals surface area contributed by atoms with Crippen molar-refractivity contribution >= 4 is 17.6 Å². The van der Waals surface area contributed by atoms with Crippen LogP contribution in [0.25, 0.3) is 0 Å². The van der Waals surface area contributed by atoms with Gasteiger partial charge < -0.3 is 9.84 Å². The van der Waals surface area contributed by atoms with Crippen molar-refractivity contribution in [2.45, 2.75) is 13.5 Å². The Morgan fingerprint density at radius 1 is 1.47 bits per heavy atom. The third-order valence-corrected chi connectivity index (χ3v) is 1.98. The van der Waals surface area contributed by atoms with E-state index in [1.807, 2.05) is 6.07 Å². The second kappa shape index (κ2) is 4.27. The predicted octanol–water partition coefficient (Wildman–Crippen LogP) is 2.04. The van der Waals surface area contributed by atoms with Crippen molar-refractivity contribution in [2.75, 3.05) is 5.32 Å². The lowest BCUT2D eigenvalue weighted by Gasteiger charge is -2.00. The number of aromatic nitrogens is 3. The van der Waals surface area contributed by atoms with Gasteiger partial charge in [0.05, 0.1) is 0 Å². The molecule has 5 nitrogen and oxygen atoms in total. The molecule has 78 valence electrons. The van der Waals surface area contributed by atoms with E-state index in [0.29, 0.717) is 23.5 Å². The smallest absolute Gasteiger partial charge is 0.321 e. The number of nitrogens with one attached hydrogen (secondary N) is 1. The van der Waals surface area contributed by atoms with Gasteiger partial charge in [-0.2, -0.15) is 4.98 Å². The lowest BCUT2D eigenvalue weighted by atomic mass is 10.3. The van der Waals surface area contributed by atoms with Crippen LogP contribution in [-0.4, -0.2) is 15.1 Å². The molecule has 0 aliphatic carbocycles. The van der Waals surface area contributed by atoms with Gasteiger partial charge in [0.2, 0.25) is 0 Å². The normalized spacial score (nSPS) is 10.3. The van der Waals surface area contributed by atoms with E-state index in [0.717, 1.165) is 5.56 Å². The van der Waals surface area contributed by atoms with Gasteiger partial charge in [-0.05, 0) is 18.6 Å². The van der Waals surface area contributed by atoms with Crippen LogP contribution in [0, 0.1) is 6.92 Å². The molecule has 15 heavy (non-hydrogen) atoms. The summed E-state index contributed by atoms with van der Waals surface area (Å²) in [6.07, 6.45) is 1.69. The highest BCUT2D eigenvalue weighted by Gasteiger charge is 2.01. The van der Waals surface area contributed by atoms with Crippen molar-refractivity contribution in [1.82, 2.24) is 15.1 Å². The first-order chi connectivity index (χ1) is 7.24. The molecule has 0 radical (unpaired) electrons. The van der Waals surface area contributed by atoms with E-state index < -0.39 is 0 Å². The highest BCUT2D eigenvalue weighted by molar-refractivity contribution is 6.29. The van der Waals surface area contributed by atoms with Crippen LogP contribution in [0.2, 0.25) is 5.15 Å². The minimum Gasteiger partial charge on any atom is -0.334 e. The summed E-state index contributed by atoms with van der Waals surface area (Å²) in [5.74, 6) is 0.603. The lowest BCUT2D eigenvalue weighted by Crippen LogP contribution is -1.99. The van der Waals surface area contributed by atoms with Crippen LogP contribution in [0.3, 0.4) is 0 Å². The first kappa shape index (κ1) is 9.92. The average molecular weight is 225 g/mol. The summed E-state index contributed by atoms with van der Waals surface area (Å²) in [5.41, 5.74) is 0.996. The molecule has 0 aliphatic rings. The second-order valence-electron chi connectivity index (χ2n) is 2.99. The number of hydrogen-bond acceptors (Lipinski definition) is 5. The average Bonchev–Trinajstić information content (AvgIpc) is 2.64. The molecule has 2 aromatic rings. The molecule has 0 aromatic carbocycles. The lowest BCUT2D eigenvalue weighted by molar-refractivity contribution is 0.425. The fourth-order valence-corrected chi connectivity index (χ4v) is 1.17. The van der Waals surface area contributed by atoms with E-state index >= 15 is 0 Å².